The predicted octanol–water partition coefficient (Wildman–Crippen LogP) is 0.250. The van der Waals surface area contributed by atoms with E-state index in [4.69, 9.17) is 0 Å². The second-order valence-electron chi connectivity index (χ2n) is 4.15. The molecule has 1 aromatic carbocycles. The van der Waals surface area contributed by atoms with Gasteiger partial charge in [0.15, 0.2) is 0 Å². The van der Waals surface area contributed by atoms with Crippen LogP contribution in [0, 0.1) is 0 Å². The normalized spacial score (nSPS) is 19.6. The molecule has 0 fully saturated rings. The molecular formula is C12H15N3O3S. The lowest BCUT2D eigenvalue weighted by molar-refractivity contribution is -0.121. The summed E-state index contributed by atoms with van der Waals surface area (Å²) in [6.07, 6.45) is 0. The van der Waals surface area contributed by atoms with Gasteiger partial charge in [-0.05, 0) is 26.0 Å². The number of likely N-dealkylation sites (N-methyl/N-ethyl adjacent to an activating group) is 1. The molecular weight excluding hydrogens is 266 g/mol. The van der Waals surface area contributed by atoms with Gasteiger partial charge in [-0.3, -0.25) is 14.5 Å². The summed E-state index contributed by atoms with van der Waals surface area (Å²) < 4.78 is 26.1. The molecule has 0 saturated carbocycles. The highest BCUT2D eigenvalue weighted by molar-refractivity contribution is 7.90. The van der Waals surface area contributed by atoms with Crippen LogP contribution in [0.15, 0.2) is 34.2 Å². The predicted molar refractivity (Wildman–Crippen MR) is 71.4 cm³/mol. The van der Waals surface area contributed by atoms with E-state index in [1.54, 1.807) is 25.1 Å². The summed E-state index contributed by atoms with van der Waals surface area (Å²) in [6, 6.07) is 5.90. The Balaban J connectivity index is 2.36. The van der Waals surface area contributed by atoms with Gasteiger partial charge in [0.1, 0.15) is 11.9 Å². The van der Waals surface area contributed by atoms with Gasteiger partial charge >= 0.3 is 0 Å². The first-order chi connectivity index (χ1) is 8.95. The molecule has 0 bridgehead atoms. The van der Waals surface area contributed by atoms with Crippen LogP contribution in [0.1, 0.15) is 19.4 Å². The van der Waals surface area contributed by atoms with E-state index in [0.717, 1.165) is 0 Å². The molecule has 1 aliphatic rings. The standard InChI is InChI=1S/C12H15N3O3S/c1-3-13-12(16)8(2)14-11-9-6-4-5-7-10(9)19(17,18)15-11/h4-8H,3H2,1-2H3,(H,13,16)(H,14,15)/t8-/m0/s1. The van der Waals surface area contributed by atoms with Gasteiger partial charge in [-0.2, -0.15) is 0 Å². The van der Waals surface area contributed by atoms with Crippen molar-refractivity contribution >= 4 is 21.8 Å². The van der Waals surface area contributed by atoms with Crippen molar-refractivity contribution in [3.63, 3.8) is 0 Å². The molecule has 102 valence electrons. The number of carbonyl (C=O) groups excluding carboxylic acids is 1. The van der Waals surface area contributed by atoms with Crippen molar-refractivity contribution in [2.45, 2.75) is 24.8 Å². The van der Waals surface area contributed by atoms with E-state index in [2.05, 4.69) is 15.0 Å². The summed E-state index contributed by atoms with van der Waals surface area (Å²) in [6.45, 7) is 3.94. The molecule has 1 amide bonds. The molecule has 1 heterocycles. The number of hydrogen-bond donors (Lipinski definition) is 2. The van der Waals surface area contributed by atoms with Crippen LogP contribution in [0.2, 0.25) is 0 Å². The molecule has 0 aliphatic carbocycles. The Bertz CT molecular complexity index is 637. The maximum absolute atomic E-state index is 11.8. The van der Waals surface area contributed by atoms with Crippen LogP contribution in [0.25, 0.3) is 0 Å². The third-order valence-corrected chi connectivity index (χ3v) is 4.11. The Labute approximate surface area is 112 Å². The van der Waals surface area contributed by atoms with E-state index in [9.17, 15) is 13.2 Å². The summed E-state index contributed by atoms with van der Waals surface area (Å²) >= 11 is 0. The minimum absolute atomic E-state index is 0.192. The lowest BCUT2D eigenvalue weighted by Crippen LogP contribution is -2.33. The quantitative estimate of drug-likeness (QED) is 0.832. The van der Waals surface area contributed by atoms with Crippen molar-refractivity contribution in [2.24, 2.45) is 4.99 Å². The molecule has 0 saturated heterocycles. The smallest absolute Gasteiger partial charge is 0.263 e. The molecule has 0 radical (unpaired) electrons. The van der Waals surface area contributed by atoms with E-state index in [1.807, 2.05) is 6.92 Å². The van der Waals surface area contributed by atoms with Gasteiger partial charge in [0.25, 0.3) is 10.0 Å². The van der Waals surface area contributed by atoms with E-state index in [-0.39, 0.29) is 16.6 Å². The number of sulfonamides is 1. The summed E-state index contributed by atoms with van der Waals surface area (Å²) in [5.41, 5.74) is 0.499. The number of hydrogen-bond acceptors (Lipinski definition) is 4. The molecule has 0 aromatic heterocycles. The number of fused-ring (bicyclic) bond motifs is 1. The van der Waals surface area contributed by atoms with E-state index in [1.165, 1.54) is 6.07 Å². The Hall–Kier alpha value is -1.89. The molecule has 1 aliphatic heterocycles. The van der Waals surface area contributed by atoms with E-state index < -0.39 is 16.1 Å². The topological polar surface area (TPSA) is 87.6 Å². The average molecular weight is 281 g/mol. The third-order valence-electron chi connectivity index (χ3n) is 2.72. The number of nitrogens with zero attached hydrogens (tertiary/aromatic N) is 1. The maximum Gasteiger partial charge on any atom is 0.263 e. The number of carbonyl (C=O) groups is 1. The summed E-state index contributed by atoms with van der Waals surface area (Å²) in [4.78, 5) is 15.9. The summed E-state index contributed by atoms with van der Waals surface area (Å²) in [5, 5.41) is 2.64. The highest BCUT2D eigenvalue weighted by Gasteiger charge is 2.30. The first-order valence-electron chi connectivity index (χ1n) is 5.93. The number of amidine groups is 1. The lowest BCUT2D eigenvalue weighted by atomic mass is 10.2. The van der Waals surface area contributed by atoms with Crippen LogP contribution in [0.4, 0.5) is 0 Å². The molecule has 7 heteroatoms. The lowest BCUT2D eigenvalue weighted by Gasteiger charge is -2.07. The van der Waals surface area contributed by atoms with Crippen LogP contribution in [0.5, 0.6) is 0 Å². The Morgan fingerprint density at radius 2 is 2.11 bits per heavy atom. The van der Waals surface area contributed by atoms with Crippen LogP contribution >= 0.6 is 0 Å². The molecule has 0 spiro atoms. The van der Waals surface area contributed by atoms with Gasteiger partial charge < -0.3 is 5.32 Å². The van der Waals surface area contributed by atoms with Crippen molar-refractivity contribution in [3.8, 4) is 0 Å². The van der Waals surface area contributed by atoms with E-state index >= 15 is 0 Å². The summed E-state index contributed by atoms with van der Waals surface area (Å²) in [7, 11) is -3.55. The van der Waals surface area contributed by atoms with Gasteiger partial charge in [0.2, 0.25) is 5.91 Å². The average Bonchev–Trinajstić information content (AvgIpc) is 2.62. The minimum atomic E-state index is -3.55. The van der Waals surface area contributed by atoms with Crippen molar-refractivity contribution in [3.05, 3.63) is 29.8 Å². The second kappa shape index (κ2) is 5.00. The Morgan fingerprint density at radius 1 is 1.42 bits per heavy atom. The maximum atomic E-state index is 11.8. The van der Waals surface area contributed by atoms with Gasteiger partial charge in [0, 0.05) is 12.1 Å². The van der Waals surface area contributed by atoms with Crippen molar-refractivity contribution in [2.75, 3.05) is 6.54 Å². The zero-order chi connectivity index (χ0) is 14.0. The van der Waals surface area contributed by atoms with Crippen LogP contribution in [-0.4, -0.2) is 32.7 Å². The highest BCUT2D eigenvalue weighted by atomic mass is 32.2. The molecule has 2 rings (SSSR count). The van der Waals surface area contributed by atoms with Gasteiger partial charge in [0.05, 0.1) is 4.90 Å². The molecule has 1 aromatic rings. The zero-order valence-corrected chi connectivity index (χ0v) is 11.5. The fourth-order valence-corrected chi connectivity index (χ4v) is 3.04. The van der Waals surface area contributed by atoms with Crippen molar-refractivity contribution in [1.82, 2.24) is 10.0 Å². The van der Waals surface area contributed by atoms with Gasteiger partial charge in [-0.15, -0.1) is 0 Å². The molecule has 19 heavy (non-hydrogen) atoms. The largest absolute Gasteiger partial charge is 0.355 e. The molecule has 2 N–H and O–H groups in total. The Kier molecular flexibility index (Phi) is 3.57. The molecule has 6 nitrogen and oxygen atoms in total. The van der Waals surface area contributed by atoms with Crippen molar-refractivity contribution < 1.29 is 13.2 Å². The first kappa shape index (κ1) is 13.5. The number of aliphatic imine (C=N–C) groups is 1. The van der Waals surface area contributed by atoms with Crippen LogP contribution < -0.4 is 10.0 Å². The fraction of sp³-hybridized carbons (Fsp3) is 0.333. The third kappa shape index (κ3) is 2.60. The minimum Gasteiger partial charge on any atom is -0.355 e. The zero-order valence-electron chi connectivity index (χ0n) is 10.7. The second-order valence-corrected chi connectivity index (χ2v) is 5.80. The van der Waals surface area contributed by atoms with Crippen LogP contribution in [0.3, 0.4) is 0 Å². The Morgan fingerprint density at radius 3 is 2.79 bits per heavy atom. The first-order valence-corrected chi connectivity index (χ1v) is 7.41. The highest BCUT2D eigenvalue weighted by Crippen LogP contribution is 2.22. The number of benzene rings is 1. The molecule has 1 atom stereocenters. The number of amides is 1. The monoisotopic (exact) mass is 281 g/mol. The van der Waals surface area contributed by atoms with Crippen molar-refractivity contribution in [1.29, 1.82) is 0 Å². The van der Waals surface area contributed by atoms with Gasteiger partial charge in [-0.1, -0.05) is 12.1 Å². The molecule has 0 unspecified atom stereocenters. The number of rotatable bonds is 3. The van der Waals surface area contributed by atoms with E-state index in [0.29, 0.717) is 12.1 Å². The van der Waals surface area contributed by atoms with Crippen LogP contribution in [-0.2, 0) is 14.8 Å². The fourth-order valence-electron chi connectivity index (χ4n) is 1.80. The van der Waals surface area contributed by atoms with Gasteiger partial charge in [-0.25, -0.2) is 8.42 Å². The number of nitrogens with one attached hydrogen (secondary N) is 2. The SMILES string of the molecule is CCNC(=O)[C@H](C)N=C1NS(=O)(=O)c2ccccc21. The summed E-state index contributed by atoms with van der Waals surface area (Å²) in [5.74, 6) is -0.0204.